The van der Waals surface area contributed by atoms with Crippen molar-refractivity contribution in [2.75, 3.05) is 5.32 Å². The number of aliphatic hydroxyl groups excluding tert-OH is 1. The Morgan fingerprint density at radius 1 is 1.50 bits per heavy atom. The van der Waals surface area contributed by atoms with Crippen LogP contribution in [0.25, 0.3) is 0 Å². The van der Waals surface area contributed by atoms with Gasteiger partial charge in [-0.15, -0.1) is 0 Å². The monoisotopic (exact) mass is 283 g/mol. The lowest BCUT2D eigenvalue weighted by Gasteiger charge is -2.33. The first-order chi connectivity index (χ1) is 7.45. The predicted molar refractivity (Wildman–Crippen MR) is 66.5 cm³/mol. The molecule has 0 aliphatic carbocycles. The molecule has 0 fully saturated rings. The summed E-state index contributed by atoms with van der Waals surface area (Å²) in [5.41, 5.74) is 2.12. The Morgan fingerprint density at radius 3 is 2.81 bits per heavy atom. The van der Waals surface area contributed by atoms with E-state index in [2.05, 4.69) is 21.2 Å². The zero-order valence-corrected chi connectivity index (χ0v) is 10.9. The fourth-order valence-corrected chi connectivity index (χ4v) is 2.44. The molecule has 2 N–H and O–H groups in total. The summed E-state index contributed by atoms with van der Waals surface area (Å²) in [6.07, 6.45) is 0.380. The van der Waals surface area contributed by atoms with Gasteiger partial charge in [0.1, 0.15) is 0 Å². The number of hydrogen-bond acceptors (Lipinski definition) is 3. The summed E-state index contributed by atoms with van der Waals surface area (Å²) in [6, 6.07) is 3.83. The van der Waals surface area contributed by atoms with Crippen molar-refractivity contribution < 1.29 is 9.90 Å². The summed E-state index contributed by atoms with van der Waals surface area (Å²) in [5, 5.41) is 12.5. The third-order valence-electron chi connectivity index (χ3n) is 3.01. The summed E-state index contributed by atoms with van der Waals surface area (Å²) in [4.78, 5) is 11.9. The van der Waals surface area contributed by atoms with Crippen molar-refractivity contribution in [1.29, 1.82) is 0 Å². The van der Waals surface area contributed by atoms with E-state index in [1.807, 2.05) is 26.0 Å². The number of benzene rings is 1. The molecule has 1 aromatic carbocycles. The molecule has 0 atom stereocenters. The van der Waals surface area contributed by atoms with Gasteiger partial charge in [0.25, 0.3) is 0 Å². The van der Waals surface area contributed by atoms with Crippen LogP contribution in [0.4, 0.5) is 5.69 Å². The van der Waals surface area contributed by atoms with Gasteiger partial charge in [-0.3, -0.25) is 4.79 Å². The van der Waals surface area contributed by atoms with Crippen molar-refractivity contribution in [1.82, 2.24) is 0 Å². The predicted octanol–water partition coefficient (Wildman–Crippen LogP) is 2.26. The molecule has 86 valence electrons. The number of Topliss-reactive ketones (excluding diaryl/α,β-unsaturated/α-hetero) is 1. The smallest absolute Gasteiger partial charge is 0.162 e. The van der Waals surface area contributed by atoms with Crippen LogP contribution in [0.2, 0.25) is 0 Å². The molecule has 0 spiro atoms. The number of nitrogens with one attached hydrogen (secondary N) is 1. The van der Waals surface area contributed by atoms with Crippen molar-refractivity contribution in [3.63, 3.8) is 0 Å². The Balaban J connectivity index is 2.55. The number of aliphatic hydroxyl groups is 1. The van der Waals surface area contributed by atoms with Crippen LogP contribution in [0.5, 0.6) is 0 Å². The molecule has 0 aromatic heterocycles. The van der Waals surface area contributed by atoms with Gasteiger partial charge >= 0.3 is 0 Å². The molecule has 0 radical (unpaired) electrons. The SMILES string of the molecule is CC1(C)Nc2ccc(Br)c(CO)c2CC1=O. The van der Waals surface area contributed by atoms with Crippen LogP contribution < -0.4 is 5.32 Å². The van der Waals surface area contributed by atoms with Crippen LogP contribution in [0.3, 0.4) is 0 Å². The number of carbonyl (C=O) groups is 1. The van der Waals surface area contributed by atoms with Gasteiger partial charge < -0.3 is 10.4 Å². The van der Waals surface area contributed by atoms with Gasteiger partial charge in [0.05, 0.1) is 12.1 Å². The van der Waals surface area contributed by atoms with E-state index >= 15 is 0 Å². The van der Waals surface area contributed by atoms with E-state index in [4.69, 9.17) is 0 Å². The van der Waals surface area contributed by atoms with Gasteiger partial charge in [-0.05, 0) is 37.1 Å². The Labute approximate surface area is 103 Å². The van der Waals surface area contributed by atoms with Crippen LogP contribution in [0, 0.1) is 0 Å². The number of fused-ring (bicyclic) bond motifs is 1. The van der Waals surface area contributed by atoms with Crippen LogP contribution in [-0.2, 0) is 17.8 Å². The van der Waals surface area contributed by atoms with Crippen molar-refractivity contribution in [3.8, 4) is 0 Å². The first kappa shape index (κ1) is 11.6. The van der Waals surface area contributed by atoms with E-state index in [9.17, 15) is 9.90 Å². The maximum absolute atomic E-state index is 11.9. The molecular weight excluding hydrogens is 270 g/mol. The Bertz CT molecular complexity index is 455. The first-order valence-electron chi connectivity index (χ1n) is 5.18. The number of ketones is 1. The highest BCUT2D eigenvalue weighted by atomic mass is 79.9. The number of halogens is 1. The molecule has 0 unspecified atom stereocenters. The number of hydrogen-bond donors (Lipinski definition) is 2. The molecule has 2 rings (SSSR count). The highest BCUT2D eigenvalue weighted by molar-refractivity contribution is 9.10. The molecule has 1 heterocycles. The molecule has 4 heteroatoms. The molecule has 3 nitrogen and oxygen atoms in total. The van der Waals surface area contributed by atoms with E-state index in [1.165, 1.54) is 0 Å². The summed E-state index contributed by atoms with van der Waals surface area (Å²) in [5.74, 6) is 0.146. The molecular formula is C12H14BrNO2. The zero-order valence-electron chi connectivity index (χ0n) is 9.30. The lowest BCUT2D eigenvalue weighted by atomic mass is 9.86. The van der Waals surface area contributed by atoms with Gasteiger partial charge in [-0.2, -0.15) is 0 Å². The normalized spacial score (nSPS) is 17.9. The number of carbonyl (C=O) groups excluding carboxylic acids is 1. The van der Waals surface area contributed by atoms with Crippen LogP contribution >= 0.6 is 15.9 Å². The highest BCUT2D eigenvalue weighted by Gasteiger charge is 2.33. The van der Waals surface area contributed by atoms with E-state index in [1.54, 1.807) is 0 Å². The fraction of sp³-hybridized carbons (Fsp3) is 0.417. The van der Waals surface area contributed by atoms with Gasteiger partial charge in [0.15, 0.2) is 5.78 Å². The van der Waals surface area contributed by atoms with Crippen LogP contribution in [0.15, 0.2) is 16.6 Å². The largest absolute Gasteiger partial charge is 0.392 e. The van der Waals surface area contributed by atoms with E-state index in [-0.39, 0.29) is 12.4 Å². The van der Waals surface area contributed by atoms with E-state index in [0.717, 1.165) is 21.3 Å². The van der Waals surface area contributed by atoms with Crippen LogP contribution in [0.1, 0.15) is 25.0 Å². The molecule has 0 bridgehead atoms. The van der Waals surface area contributed by atoms with Gasteiger partial charge in [-0.1, -0.05) is 15.9 Å². The second-order valence-electron chi connectivity index (χ2n) is 4.56. The highest BCUT2D eigenvalue weighted by Crippen LogP contribution is 2.34. The molecule has 0 saturated carbocycles. The van der Waals surface area contributed by atoms with Crippen molar-refractivity contribution in [3.05, 3.63) is 27.7 Å². The Kier molecular flexibility index (Phi) is 2.80. The quantitative estimate of drug-likeness (QED) is 0.831. The van der Waals surface area contributed by atoms with Crippen molar-refractivity contribution in [2.45, 2.75) is 32.4 Å². The van der Waals surface area contributed by atoms with Crippen molar-refractivity contribution in [2.24, 2.45) is 0 Å². The topological polar surface area (TPSA) is 49.3 Å². The second-order valence-corrected chi connectivity index (χ2v) is 5.41. The summed E-state index contributed by atoms with van der Waals surface area (Å²) >= 11 is 3.38. The summed E-state index contributed by atoms with van der Waals surface area (Å²) in [6.45, 7) is 3.69. The molecule has 0 saturated heterocycles. The summed E-state index contributed by atoms with van der Waals surface area (Å²) in [7, 11) is 0. The minimum absolute atomic E-state index is 0.0564. The molecule has 1 aromatic rings. The van der Waals surface area contributed by atoms with E-state index in [0.29, 0.717) is 6.42 Å². The second kappa shape index (κ2) is 3.86. The lowest BCUT2D eigenvalue weighted by Crippen LogP contribution is -2.45. The molecule has 1 aliphatic rings. The van der Waals surface area contributed by atoms with Gasteiger partial charge in [0, 0.05) is 16.6 Å². The average molecular weight is 284 g/mol. The van der Waals surface area contributed by atoms with Crippen molar-refractivity contribution >= 4 is 27.4 Å². The van der Waals surface area contributed by atoms with Crippen LogP contribution in [-0.4, -0.2) is 16.4 Å². The van der Waals surface area contributed by atoms with Gasteiger partial charge in [0.2, 0.25) is 0 Å². The third-order valence-corrected chi connectivity index (χ3v) is 3.76. The third kappa shape index (κ3) is 1.76. The molecule has 0 amide bonds. The van der Waals surface area contributed by atoms with E-state index < -0.39 is 5.54 Å². The number of anilines is 1. The lowest BCUT2D eigenvalue weighted by molar-refractivity contribution is -0.122. The maximum atomic E-state index is 11.9. The summed E-state index contributed by atoms with van der Waals surface area (Å²) < 4.78 is 0.850. The molecule has 16 heavy (non-hydrogen) atoms. The minimum Gasteiger partial charge on any atom is -0.392 e. The number of rotatable bonds is 1. The fourth-order valence-electron chi connectivity index (χ4n) is 1.94. The molecule has 1 aliphatic heterocycles. The maximum Gasteiger partial charge on any atom is 0.162 e. The Hall–Kier alpha value is -0.870. The minimum atomic E-state index is -0.520. The Morgan fingerprint density at radius 2 is 2.19 bits per heavy atom. The zero-order chi connectivity index (χ0) is 11.9. The van der Waals surface area contributed by atoms with Gasteiger partial charge in [-0.25, -0.2) is 0 Å². The first-order valence-corrected chi connectivity index (χ1v) is 5.97. The average Bonchev–Trinajstić information content (AvgIpc) is 2.21. The standard InChI is InChI=1S/C12H14BrNO2/c1-12(2)11(16)5-7-8(6-15)9(13)3-4-10(7)14-12/h3-4,14-15H,5-6H2,1-2H3.